The van der Waals surface area contributed by atoms with Crippen LogP contribution in [0.2, 0.25) is 0 Å². The highest BCUT2D eigenvalue weighted by molar-refractivity contribution is 5.75. The van der Waals surface area contributed by atoms with Crippen molar-refractivity contribution in [3.8, 4) is 0 Å². The standard InChI is InChI=1S/C17H23N5O2/c1-12-5-6-15(20-10-12)18-7-4-8-19-16(23)11-22-14(3)9-13(2)21-17(22)24/h5-6,9-10H,4,7-8,11H2,1-3H3,(H,18,20)(H,19,23). The van der Waals surface area contributed by atoms with Gasteiger partial charge in [0.05, 0.1) is 0 Å². The lowest BCUT2D eigenvalue weighted by molar-refractivity contribution is -0.121. The number of aryl methyl sites for hydroxylation is 3. The molecule has 2 N–H and O–H groups in total. The quantitative estimate of drug-likeness (QED) is 0.745. The second-order valence-electron chi connectivity index (χ2n) is 5.76. The fourth-order valence-corrected chi connectivity index (χ4v) is 2.27. The fraction of sp³-hybridized carbons (Fsp3) is 0.412. The SMILES string of the molecule is Cc1ccc(NCCCNC(=O)Cn2c(C)cc(C)nc2=O)nc1. The van der Waals surface area contributed by atoms with Gasteiger partial charge in [-0.3, -0.25) is 9.36 Å². The molecule has 0 aliphatic heterocycles. The third-order valence-electron chi connectivity index (χ3n) is 3.54. The van der Waals surface area contributed by atoms with E-state index in [-0.39, 0.29) is 12.5 Å². The van der Waals surface area contributed by atoms with Gasteiger partial charge >= 0.3 is 5.69 Å². The molecule has 2 aromatic rings. The number of nitrogens with zero attached hydrogens (tertiary/aromatic N) is 3. The molecule has 24 heavy (non-hydrogen) atoms. The van der Waals surface area contributed by atoms with Gasteiger partial charge in [0.1, 0.15) is 12.4 Å². The lowest BCUT2D eigenvalue weighted by atomic mass is 10.3. The van der Waals surface area contributed by atoms with Crippen molar-refractivity contribution in [1.82, 2.24) is 19.9 Å². The zero-order valence-electron chi connectivity index (χ0n) is 14.3. The predicted octanol–water partition coefficient (Wildman–Crippen LogP) is 1.18. The topological polar surface area (TPSA) is 88.9 Å². The molecule has 2 rings (SSSR count). The molecule has 0 aliphatic carbocycles. The molecule has 0 aromatic carbocycles. The van der Waals surface area contributed by atoms with E-state index >= 15 is 0 Å². The Labute approximate surface area is 141 Å². The number of amides is 1. The van der Waals surface area contributed by atoms with Crippen molar-refractivity contribution < 1.29 is 4.79 Å². The number of hydrogen-bond donors (Lipinski definition) is 2. The van der Waals surface area contributed by atoms with Crippen molar-refractivity contribution in [2.45, 2.75) is 33.7 Å². The monoisotopic (exact) mass is 329 g/mol. The summed E-state index contributed by atoms with van der Waals surface area (Å²) in [6.07, 6.45) is 2.57. The van der Waals surface area contributed by atoms with Gasteiger partial charge in [-0.15, -0.1) is 0 Å². The van der Waals surface area contributed by atoms with Crippen molar-refractivity contribution in [3.63, 3.8) is 0 Å². The summed E-state index contributed by atoms with van der Waals surface area (Å²) in [5.41, 5.74) is 2.11. The van der Waals surface area contributed by atoms with Crippen LogP contribution in [0.25, 0.3) is 0 Å². The molecule has 7 nitrogen and oxygen atoms in total. The van der Waals surface area contributed by atoms with E-state index in [0.29, 0.717) is 18.8 Å². The van der Waals surface area contributed by atoms with Crippen molar-refractivity contribution in [2.75, 3.05) is 18.4 Å². The summed E-state index contributed by atoms with van der Waals surface area (Å²) < 4.78 is 1.37. The first-order valence-corrected chi connectivity index (χ1v) is 7.94. The maximum atomic E-state index is 11.9. The summed E-state index contributed by atoms with van der Waals surface area (Å²) in [5, 5.41) is 6.00. The molecule has 0 radical (unpaired) electrons. The summed E-state index contributed by atoms with van der Waals surface area (Å²) in [5.74, 6) is 0.624. The maximum absolute atomic E-state index is 11.9. The molecule has 2 heterocycles. The van der Waals surface area contributed by atoms with Gasteiger partial charge in [0.25, 0.3) is 0 Å². The van der Waals surface area contributed by atoms with Gasteiger partial charge in [0, 0.05) is 30.7 Å². The smallest absolute Gasteiger partial charge is 0.348 e. The zero-order chi connectivity index (χ0) is 17.5. The first kappa shape index (κ1) is 17.7. The number of aromatic nitrogens is 3. The third-order valence-corrected chi connectivity index (χ3v) is 3.54. The van der Waals surface area contributed by atoms with E-state index < -0.39 is 5.69 Å². The van der Waals surface area contributed by atoms with Crippen LogP contribution in [-0.4, -0.2) is 33.5 Å². The predicted molar refractivity (Wildman–Crippen MR) is 93.1 cm³/mol. The summed E-state index contributed by atoms with van der Waals surface area (Å²) in [7, 11) is 0. The van der Waals surface area contributed by atoms with Crippen LogP contribution in [0.15, 0.2) is 29.2 Å². The van der Waals surface area contributed by atoms with E-state index in [9.17, 15) is 9.59 Å². The molecule has 0 aliphatic rings. The second kappa shape index (κ2) is 8.24. The van der Waals surface area contributed by atoms with Crippen LogP contribution in [0, 0.1) is 20.8 Å². The second-order valence-corrected chi connectivity index (χ2v) is 5.76. The lowest BCUT2D eigenvalue weighted by Gasteiger charge is -2.10. The van der Waals surface area contributed by atoms with E-state index in [4.69, 9.17) is 0 Å². The Morgan fingerprint density at radius 2 is 2.00 bits per heavy atom. The normalized spacial score (nSPS) is 10.5. The molecule has 0 bridgehead atoms. The number of nitrogens with one attached hydrogen (secondary N) is 2. The van der Waals surface area contributed by atoms with Gasteiger partial charge in [0.2, 0.25) is 5.91 Å². The lowest BCUT2D eigenvalue weighted by Crippen LogP contribution is -2.35. The Hall–Kier alpha value is -2.70. The van der Waals surface area contributed by atoms with E-state index in [0.717, 1.165) is 23.5 Å². The van der Waals surface area contributed by atoms with Crippen molar-refractivity contribution in [1.29, 1.82) is 0 Å². The fourth-order valence-electron chi connectivity index (χ4n) is 2.27. The summed E-state index contributed by atoms with van der Waals surface area (Å²) in [6.45, 7) is 6.77. The number of hydrogen-bond acceptors (Lipinski definition) is 5. The maximum Gasteiger partial charge on any atom is 0.348 e. The number of rotatable bonds is 7. The van der Waals surface area contributed by atoms with E-state index in [1.165, 1.54) is 4.57 Å². The van der Waals surface area contributed by atoms with Gasteiger partial charge in [-0.25, -0.2) is 9.78 Å². The Kier molecular flexibility index (Phi) is 6.06. The number of anilines is 1. The minimum atomic E-state index is -0.394. The molecule has 7 heteroatoms. The van der Waals surface area contributed by atoms with Crippen LogP contribution in [-0.2, 0) is 11.3 Å². The average Bonchev–Trinajstić information content (AvgIpc) is 2.52. The minimum Gasteiger partial charge on any atom is -0.370 e. The molecular weight excluding hydrogens is 306 g/mol. The van der Waals surface area contributed by atoms with Crippen LogP contribution in [0.4, 0.5) is 5.82 Å². The molecule has 1 amide bonds. The molecule has 0 spiro atoms. The van der Waals surface area contributed by atoms with Crippen LogP contribution in [0.5, 0.6) is 0 Å². The van der Waals surface area contributed by atoms with Gasteiger partial charge in [-0.1, -0.05) is 6.07 Å². The van der Waals surface area contributed by atoms with Gasteiger partial charge in [0.15, 0.2) is 0 Å². The molecule has 0 unspecified atom stereocenters. The first-order chi connectivity index (χ1) is 11.5. The van der Waals surface area contributed by atoms with E-state index in [2.05, 4.69) is 20.6 Å². The Bertz CT molecular complexity index is 753. The number of carbonyl (C=O) groups is 1. The van der Waals surface area contributed by atoms with Gasteiger partial charge in [-0.05, 0) is 44.9 Å². The first-order valence-electron chi connectivity index (χ1n) is 7.94. The van der Waals surface area contributed by atoms with E-state index in [1.807, 2.05) is 19.1 Å². The summed E-state index contributed by atoms with van der Waals surface area (Å²) in [6, 6.07) is 5.70. The van der Waals surface area contributed by atoms with Crippen LogP contribution >= 0.6 is 0 Å². The highest BCUT2D eigenvalue weighted by Gasteiger charge is 2.07. The van der Waals surface area contributed by atoms with Crippen molar-refractivity contribution in [2.24, 2.45) is 0 Å². The van der Waals surface area contributed by atoms with Crippen LogP contribution in [0.3, 0.4) is 0 Å². The average molecular weight is 329 g/mol. The zero-order valence-corrected chi connectivity index (χ0v) is 14.3. The Morgan fingerprint density at radius 1 is 1.21 bits per heavy atom. The van der Waals surface area contributed by atoms with Gasteiger partial charge in [-0.2, -0.15) is 4.98 Å². The Balaban J connectivity index is 1.72. The summed E-state index contributed by atoms with van der Waals surface area (Å²) in [4.78, 5) is 31.8. The molecule has 0 fully saturated rings. The van der Waals surface area contributed by atoms with Crippen LogP contribution < -0.4 is 16.3 Å². The van der Waals surface area contributed by atoms with Crippen molar-refractivity contribution in [3.05, 3.63) is 51.8 Å². The molecule has 2 aromatic heterocycles. The molecule has 0 atom stereocenters. The molecule has 0 saturated carbocycles. The minimum absolute atomic E-state index is 0.00903. The third kappa shape index (κ3) is 5.19. The molecule has 0 saturated heterocycles. The highest BCUT2D eigenvalue weighted by atomic mass is 16.2. The highest BCUT2D eigenvalue weighted by Crippen LogP contribution is 2.03. The van der Waals surface area contributed by atoms with E-state index in [1.54, 1.807) is 26.1 Å². The largest absolute Gasteiger partial charge is 0.370 e. The van der Waals surface area contributed by atoms with Crippen molar-refractivity contribution >= 4 is 11.7 Å². The Morgan fingerprint density at radius 3 is 2.67 bits per heavy atom. The van der Waals surface area contributed by atoms with Gasteiger partial charge < -0.3 is 10.6 Å². The summed E-state index contributed by atoms with van der Waals surface area (Å²) >= 11 is 0. The number of carbonyl (C=O) groups excluding carboxylic acids is 1. The molecular formula is C17H23N5O2. The van der Waals surface area contributed by atoms with Crippen LogP contribution in [0.1, 0.15) is 23.4 Å². The molecule has 128 valence electrons. The number of pyridine rings is 1.